The molecule has 0 aromatic carbocycles. The van der Waals surface area contributed by atoms with E-state index < -0.39 is 0 Å². The minimum absolute atomic E-state index is 0.674. The second-order valence-electron chi connectivity index (χ2n) is 1.50. The van der Waals surface area contributed by atoms with E-state index in [1.807, 2.05) is 6.92 Å². The van der Waals surface area contributed by atoms with Gasteiger partial charge < -0.3 is 0 Å². The van der Waals surface area contributed by atoms with Crippen LogP contribution in [0.25, 0.3) is 0 Å². The van der Waals surface area contributed by atoms with E-state index in [-0.39, 0.29) is 0 Å². The van der Waals surface area contributed by atoms with Gasteiger partial charge in [0, 0.05) is 12.3 Å². The summed E-state index contributed by atoms with van der Waals surface area (Å²) in [6.45, 7) is 1.86. The number of hydrogen-bond acceptors (Lipinski definition) is 1. The Bertz CT molecular complexity index is 165. The fourth-order valence-electron chi connectivity index (χ4n) is 0.411. The molecule has 0 atom stereocenters. The van der Waals surface area contributed by atoms with E-state index in [9.17, 15) is 0 Å². The highest BCUT2D eigenvalue weighted by Crippen LogP contribution is 2.08. The van der Waals surface area contributed by atoms with Crippen LogP contribution in [0.3, 0.4) is 0 Å². The molecule has 1 rings (SSSR count). The molecule has 0 saturated heterocycles. The number of hydrogen-bond donors (Lipinski definition) is 0. The molecule has 41 valence electrons. The monoisotopic (exact) mass is 126 g/mol. The minimum Gasteiger partial charge on any atom is -0.259 e. The molecule has 8 heavy (non-hydrogen) atoms. The topological polar surface area (TPSA) is 12.9 Å². The number of aryl methyl sites for hydroxylation is 1. The second kappa shape index (κ2) is 2.14. The van der Waals surface area contributed by atoms with Gasteiger partial charge in [-0.1, -0.05) is 11.6 Å². The van der Waals surface area contributed by atoms with Crippen LogP contribution >= 0.6 is 11.6 Å². The highest BCUT2D eigenvalue weighted by molar-refractivity contribution is 6.31. The zero-order valence-corrected chi connectivity index (χ0v) is 5.24. The standard InChI is InChI=1S/C6H5ClN/c1-5-6(7)3-2-4-8-5/h3-4H,1H3. The molecule has 1 radical (unpaired) electrons. The van der Waals surface area contributed by atoms with E-state index >= 15 is 0 Å². The van der Waals surface area contributed by atoms with Crippen molar-refractivity contribution in [2.75, 3.05) is 0 Å². The first-order chi connectivity index (χ1) is 3.80. The zero-order chi connectivity index (χ0) is 5.98. The van der Waals surface area contributed by atoms with E-state index in [0.717, 1.165) is 5.69 Å². The van der Waals surface area contributed by atoms with Gasteiger partial charge in [0.15, 0.2) is 0 Å². The average Bonchev–Trinajstić information content (AvgIpc) is 1.77. The molecule has 2 heteroatoms. The SMILES string of the molecule is Cc1nc[c]cc1Cl. The van der Waals surface area contributed by atoms with Gasteiger partial charge in [-0.2, -0.15) is 0 Å². The first kappa shape index (κ1) is 5.57. The van der Waals surface area contributed by atoms with Crippen molar-refractivity contribution in [1.29, 1.82) is 0 Å². The van der Waals surface area contributed by atoms with Gasteiger partial charge in [-0.05, 0) is 13.0 Å². The van der Waals surface area contributed by atoms with Crippen LogP contribution in [0.1, 0.15) is 5.69 Å². The van der Waals surface area contributed by atoms with Gasteiger partial charge in [0.2, 0.25) is 0 Å². The summed E-state index contributed by atoms with van der Waals surface area (Å²) in [5.74, 6) is 0. The Morgan fingerprint density at radius 3 is 2.88 bits per heavy atom. The third-order valence-electron chi connectivity index (χ3n) is 0.888. The van der Waals surface area contributed by atoms with Crippen LogP contribution in [0.5, 0.6) is 0 Å². The van der Waals surface area contributed by atoms with E-state index in [0.29, 0.717) is 5.02 Å². The van der Waals surface area contributed by atoms with Gasteiger partial charge in [0.05, 0.1) is 10.7 Å². The molecule has 1 heterocycles. The molecule has 0 spiro atoms. The van der Waals surface area contributed by atoms with Gasteiger partial charge in [-0.25, -0.2) is 0 Å². The van der Waals surface area contributed by atoms with Crippen molar-refractivity contribution < 1.29 is 0 Å². The fraction of sp³-hybridized carbons (Fsp3) is 0.167. The van der Waals surface area contributed by atoms with Crippen molar-refractivity contribution in [2.45, 2.75) is 6.92 Å². The summed E-state index contributed by atoms with van der Waals surface area (Å²) in [4.78, 5) is 3.89. The summed E-state index contributed by atoms with van der Waals surface area (Å²) in [6.07, 6.45) is 1.60. The molecule has 0 fully saturated rings. The minimum atomic E-state index is 0.674. The van der Waals surface area contributed by atoms with Gasteiger partial charge in [0.1, 0.15) is 0 Å². The lowest BCUT2D eigenvalue weighted by atomic mass is 10.4. The maximum absolute atomic E-state index is 5.61. The largest absolute Gasteiger partial charge is 0.259 e. The van der Waals surface area contributed by atoms with Crippen LogP contribution in [0.4, 0.5) is 0 Å². The van der Waals surface area contributed by atoms with E-state index in [1.165, 1.54) is 0 Å². The lowest BCUT2D eigenvalue weighted by Gasteiger charge is -1.89. The lowest BCUT2D eigenvalue weighted by Crippen LogP contribution is -1.77. The molecule has 0 aliphatic rings. The van der Waals surface area contributed by atoms with Crippen molar-refractivity contribution in [1.82, 2.24) is 4.98 Å². The Kier molecular flexibility index (Phi) is 1.49. The summed E-state index contributed by atoms with van der Waals surface area (Å²) in [6, 6.07) is 4.46. The number of aromatic nitrogens is 1. The quantitative estimate of drug-likeness (QED) is 0.517. The van der Waals surface area contributed by atoms with Gasteiger partial charge >= 0.3 is 0 Å². The summed E-state index contributed by atoms with van der Waals surface area (Å²) >= 11 is 5.61. The summed E-state index contributed by atoms with van der Waals surface area (Å²) < 4.78 is 0. The number of pyridine rings is 1. The van der Waals surface area contributed by atoms with Crippen molar-refractivity contribution in [3.63, 3.8) is 0 Å². The van der Waals surface area contributed by atoms with Crippen molar-refractivity contribution in [3.05, 3.63) is 29.0 Å². The molecule has 0 aliphatic heterocycles. The average molecular weight is 127 g/mol. The Balaban J connectivity index is 3.13. The van der Waals surface area contributed by atoms with Crippen LogP contribution in [0, 0.1) is 13.0 Å². The van der Waals surface area contributed by atoms with E-state index in [2.05, 4.69) is 11.1 Å². The fourth-order valence-corrected chi connectivity index (χ4v) is 0.522. The van der Waals surface area contributed by atoms with Crippen molar-refractivity contribution in [2.24, 2.45) is 0 Å². The molecule has 0 aliphatic carbocycles. The molecule has 1 nitrogen and oxygen atoms in total. The van der Waals surface area contributed by atoms with Crippen LogP contribution in [0.15, 0.2) is 12.3 Å². The zero-order valence-electron chi connectivity index (χ0n) is 4.48. The summed E-state index contributed by atoms with van der Waals surface area (Å²) in [7, 11) is 0. The first-order valence-corrected chi connectivity index (χ1v) is 2.66. The van der Waals surface area contributed by atoms with Crippen LogP contribution < -0.4 is 0 Å². The maximum Gasteiger partial charge on any atom is 0.0624 e. The van der Waals surface area contributed by atoms with Gasteiger partial charge in [-0.3, -0.25) is 4.98 Å². The predicted molar refractivity (Wildman–Crippen MR) is 32.8 cm³/mol. The van der Waals surface area contributed by atoms with Gasteiger partial charge in [0.25, 0.3) is 0 Å². The third-order valence-corrected chi connectivity index (χ3v) is 1.27. The van der Waals surface area contributed by atoms with E-state index in [1.54, 1.807) is 12.3 Å². The van der Waals surface area contributed by atoms with Crippen LogP contribution in [0.2, 0.25) is 5.02 Å². The Hall–Kier alpha value is -0.560. The Labute approximate surface area is 53.3 Å². The normalized spacial score (nSPS) is 9.25. The van der Waals surface area contributed by atoms with Crippen molar-refractivity contribution in [3.8, 4) is 0 Å². The molecular formula is C6H5ClN. The summed E-state index contributed by atoms with van der Waals surface area (Å²) in [5, 5.41) is 0.674. The highest BCUT2D eigenvalue weighted by Gasteiger charge is 1.88. The van der Waals surface area contributed by atoms with Crippen LogP contribution in [-0.4, -0.2) is 4.98 Å². The third kappa shape index (κ3) is 0.984. The predicted octanol–water partition coefficient (Wildman–Crippen LogP) is 1.84. The van der Waals surface area contributed by atoms with Gasteiger partial charge in [-0.15, -0.1) is 0 Å². The maximum atomic E-state index is 5.61. The second-order valence-corrected chi connectivity index (χ2v) is 1.91. The molecule has 0 N–H and O–H groups in total. The van der Waals surface area contributed by atoms with Crippen LogP contribution in [-0.2, 0) is 0 Å². The first-order valence-electron chi connectivity index (χ1n) is 2.29. The van der Waals surface area contributed by atoms with E-state index in [4.69, 9.17) is 11.6 Å². The number of rotatable bonds is 0. The molecule has 1 aromatic heterocycles. The number of halogens is 1. The molecule has 0 unspecified atom stereocenters. The van der Waals surface area contributed by atoms with Crippen molar-refractivity contribution >= 4 is 11.6 Å². The Morgan fingerprint density at radius 2 is 2.50 bits per heavy atom. The molecular weight excluding hydrogens is 122 g/mol. The Morgan fingerprint density at radius 1 is 1.75 bits per heavy atom. The molecule has 0 saturated carbocycles. The molecule has 0 amide bonds. The summed E-state index contributed by atoms with van der Waals surface area (Å²) in [5.41, 5.74) is 0.852. The molecule has 0 bridgehead atoms. The smallest absolute Gasteiger partial charge is 0.0624 e. The lowest BCUT2D eigenvalue weighted by molar-refractivity contribution is 1.20. The molecule has 1 aromatic rings. The number of nitrogens with zero attached hydrogens (tertiary/aromatic N) is 1. The highest BCUT2D eigenvalue weighted by atomic mass is 35.5.